The van der Waals surface area contributed by atoms with E-state index in [1.54, 1.807) is 36.4 Å². The standard InChI is InChI=1S/C39H45FN6O4/c1-27-12-10-13-28(2)36(27)46(50-34-17-7-6-16-32(34)37(47)43-30-14-4-5-15-30)38(48)29-25-41-39(42-26-29)44-31-18-19-35(33(40)24-31)49-23-11-22-45-20-8-3-9-21-45/h6-7,10,12-13,16-19,24-26,30H,3-5,8-9,11,14-15,20-23H2,1-2H3,(H,43,47)(H,41,42,44). The van der Waals surface area contributed by atoms with Crippen molar-refractivity contribution in [3.8, 4) is 11.5 Å². The molecular formula is C39H45FN6O4. The Kier molecular flexibility index (Phi) is 11.5. The van der Waals surface area contributed by atoms with Crippen molar-refractivity contribution in [2.24, 2.45) is 0 Å². The SMILES string of the molecule is Cc1cccc(C)c1N(Oc1ccccc1C(=O)NC1CCCC1)C(=O)c1cnc(Nc2ccc(OCCCN3CCCCC3)c(F)c2)nc1. The quantitative estimate of drug-likeness (QED) is 0.110. The molecule has 0 radical (unpaired) electrons. The molecule has 6 rings (SSSR count). The second-order valence-electron chi connectivity index (χ2n) is 13.1. The van der Waals surface area contributed by atoms with E-state index in [9.17, 15) is 14.0 Å². The number of nitrogens with one attached hydrogen (secondary N) is 2. The molecule has 2 fully saturated rings. The number of ether oxygens (including phenoxy) is 1. The summed E-state index contributed by atoms with van der Waals surface area (Å²) in [5.74, 6) is -0.630. The van der Waals surface area contributed by atoms with Crippen molar-refractivity contribution in [1.29, 1.82) is 0 Å². The van der Waals surface area contributed by atoms with E-state index >= 15 is 0 Å². The summed E-state index contributed by atoms with van der Waals surface area (Å²) >= 11 is 0. The molecule has 1 aliphatic carbocycles. The lowest BCUT2D eigenvalue weighted by Gasteiger charge is -2.26. The molecule has 1 aromatic heterocycles. The fourth-order valence-electron chi connectivity index (χ4n) is 6.58. The molecule has 2 amide bonds. The molecule has 0 spiro atoms. The molecular weight excluding hydrogens is 635 g/mol. The number of carbonyl (C=O) groups excluding carboxylic acids is 2. The Morgan fingerprint density at radius 3 is 2.34 bits per heavy atom. The van der Waals surface area contributed by atoms with Crippen LogP contribution < -0.4 is 25.3 Å². The van der Waals surface area contributed by atoms with Gasteiger partial charge in [0.05, 0.1) is 23.4 Å². The van der Waals surface area contributed by atoms with Crippen LogP contribution in [0.15, 0.2) is 73.1 Å². The summed E-state index contributed by atoms with van der Waals surface area (Å²) in [5.41, 5.74) is 3.10. The minimum absolute atomic E-state index is 0.123. The van der Waals surface area contributed by atoms with Gasteiger partial charge in [-0.1, -0.05) is 49.6 Å². The van der Waals surface area contributed by atoms with Crippen molar-refractivity contribution in [2.75, 3.05) is 36.6 Å². The smallest absolute Gasteiger partial charge is 0.294 e. The Balaban J connectivity index is 1.14. The highest BCUT2D eigenvalue weighted by molar-refractivity contribution is 6.06. The van der Waals surface area contributed by atoms with Gasteiger partial charge in [0.1, 0.15) is 0 Å². The normalized spacial score (nSPS) is 15.0. The van der Waals surface area contributed by atoms with Crippen molar-refractivity contribution in [3.05, 3.63) is 101 Å². The number of amides is 2. The predicted octanol–water partition coefficient (Wildman–Crippen LogP) is 7.54. The third kappa shape index (κ3) is 8.76. The Morgan fingerprint density at radius 1 is 0.900 bits per heavy atom. The molecule has 50 heavy (non-hydrogen) atoms. The predicted molar refractivity (Wildman–Crippen MR) is 192 cm³/mol. The van der Waals surface area contributed by atoms with Gasteiger partial charge in [-0.25, -0.2) is 14.4 Å². The zero-order chi connectivity index (χ0) is 34.9. The lowest BCUT2D eigenvalue weighted by molar-refractivity contribution is 0.0863. The molecule has 11 heteroatoms. The number of hydrogen-bond donors (Lipinski definition) is 2. The third-order valence-corrected chi connectivity index (χ3v) is 9.25. The first-order valence-corrected chi connectivity index (χ1v) is 17.6. The largest absolute Gasteiger partial charge is 0.490 e. The molecule has 10 nitrogen and oxygen atoms in total. The van der Waals surface area contributed by atoms with Gasteiger partial charge in [0, 0.05) is 36.7 Å². The zero-order valence-electron chi connectivity index (χ0n) is 28.8. The summed E-state index contributed by atoms with van der Waals surface area (Å²) in [6, 6.07) is 17.3. The van der Waals surface area contributed by atoms with Gasteiger partial charge in [0.15, 0.2) is 17.3 Å². The van der Waals surface area contributed by atoms with E-state index in [0.717, 1.165) is 62.9 Å². The fourth-order valence-corrected chi connectivity index (χ4v) is 6.58. The molecule has 2 aliphatic rings. The van der Waals surface area contributed by atoms with Gasteiger partial charge < -0.3 is 25.1 Å². The van der Waals surface area contributed by atoms with Crippen LogP contribution in [0.1, 0.15) is 83.2 Å². The molecule has 0 atom stereocenters. The summed E-state index contributed by atoms with van der Waals surface area (Å²) in [6.45, 7) is 7.42. The lowest BCUT2D eigenvalue weighted by atomic mass is 10.1. The molecule has 1 aliphatic heterocycles. The Bertz CT molecular complexity index is 1750. The van der Waals surface area contributed by atoms with Crippen LogP contribution in [0, 0.1) is 19.7 Å². The van der Waals surface area contributed by atoms with Crippen LogP contribution in [0.4, 0.5) is 21.7 Å². The summed E-state index contributed by atoms with van der Waals surface area (Å²) in [5, 5.41) is 7.29. The molecule has 4 aromatic rings. The fraction of sp³-hybridized carbons (Fsp3) is 0.385. The average molecular weight is 681 g/mol. The van der Waals surface area contributed by atoms with E-state index in [0.29, 0.717) is 23.5 Å². The topological polar surface area (TPSA) is 109 Å². The Labute approximate surface area is 293 Å². The number of anilines is 3. The van der Waals surface area contributed by atoms with Crippen molar-refractivity contribution < 1.29 is 23.6 Å². The summed E-state index contributed by atoms with van der Waals surface area (Å²) in [6.07, 6.45) is 11.5. The number of piperidine rings is 1. The molecule has 0 unspecified atom stereocenters. The minimum Gasteiger partial charge on any atom is -0.490 e. The number of hydrogen-bond acceptors (Lipinski definition) is 8. The monoisotopic (exact) mass is 680 g/mol. The van der Waals surface area contributed by atoms with Crippen LogP contribution in [-0.4, -0.2) is 59.0 Å². The highest BCUT2D eigenvalue weighted by Gasteiger charge is 2.27. The molecule has 0 bridgehead atoms. The second-order valence-corrected chi connectivity index (χ2v) is 13.1. The summed E-state index contributed by atoms with van der Waals surface area (Å²) in [4.78, 5) is 44.8. The van der Waals surface area contributed by atoms with E-state index in [1.165, 1.54) is 42.8 Å². The number of carbonyl (C=O) groups is 2. The Morgan fingerprint density at radius 2 is 1.62 bits per heavy atom. The minimum atomic E-state index is -0.521. The van der Waals surface area contributed by atoms with Crippen LogP contribution in [0.5, 0.6) is 11.5 Å². The maximum Gasteiger partial charge on any atom is 0.294 e. The number of rotatable bonds is 13. The summed E-state index contributed by atoms with van der Waals surface area (Å²) < 4.78 is 20.6. The average Bonchev–Trinajstić information content (AvgIpc) is 3.64. The maximum atomic E-state index is 14.9. The number of benzene rings is 3. The molecule has 2 N–H and O–H groups in total. The van der Waals surface area contributed by atoms with Crippen LogP contribution >= 0.6 is 0 Å². The zero-order valence-corrected chi connectivity index (χ0v) is 28.8. The van der Waals surface area contributed by atoms with Crippen molar-refractivity contribution in [2.45, 2.75) is 71.3 Å². The third-order valence-electron chi connectivity index (χ3n) is 9.25. The molecule has 262 valence electrons. The van der Waals surface area contributed by atoms with Gasteiger partial charge >= 0.3 is 0 Å². The van der Waals surface area contributed by atoms with Gasteiger partial charge in [-0.05, 0) is 94.4 Å². The number of para-hydroxylation sites is 2. The van der Waals surface area contributed by atoms with Gasteiger partial charge in [-0.3, -0.25) is 9.59 Å². The van der Waals surface area contributed by atoms with E-state index < -0.39 is 11.7 Å². The van der Waals surface area contributed by atoms with Crippen molar-refractivity contribution in [1.82, 2.24) is 20.2 Å². The van der Waals surface area contributed by atoms with E-state index in [-0.39, 0.29) is 35.0 Å². The van der Waals surface area contributed by atoms with Crippen molar-refractivity contribution in [3.63, 3.8) is 0 Å². The van der Waals surface area contributed by atoms with E-state index in [4.69, 9.17) is 9.57 Å². The number of aryl methyl sites for hydroxylation is 2. The Hall–Kier alpha value is -5.03. The van der Waals surface area contributed by atoms with Crippen LogP contribution in [0.3, 0.4) is 0 Å². The second kappa shape index (κ2) is 16.6. The number of likely N-dealkylation sites (tertiary alicyclic amines) is 1. The van der Waals surface area contributed by atoms with Crippen LogP contribution in [0.2, 0.25) is 0 Å². The first kappa shape index (κ1) is 34.8. The molecule has 2 heterocycles. The van der Waals surface area contributed by atoms with E-state index in [2.05, 4.69) is 25.5 Å². The highest BCUT2D eigenvalue weighted by Crippen LogP contribution is 2.30. The van der Waals surface area contributed by atoms with Crippen LogP contribution in [0.25, 0.3) is 0 Å². The number of hydroxylamine groups is 1. The number of halogens is 1. The van der Waals surface area contributed by atoms with Gasteiger partial charge in [-0.2, -0.15) is 0 Å². The molecule has 1 saturated heterocycles. The van der Waals surface area contributed by atoms with E-state index in [1.807, 2.05) is 32.0 Å². The van der Waals surface area contributed by atoms with Gasteiger partial charge in [-0.15, -0.1) is 5.06 Å². The number of nitrogens with zero attached hydrogens (tertiary/aromatic N) is 4. The summed E-state index contributed by atoms with van der Waals surface area (Å²) in [7, 11) is 0. The highest BCUT2D eigenvalue weighted by atomic mass is 19.1. The molecule has 1 saturated carbocycles. The first-order chi connectivity index (χ1) is 24.4. The maximum absolute atomic E-state index is 14.9. The van der Waals surface area contributed by atoms with Gasteiger partial charge in [0.25, 0.3) is 11.8 Å². The molecule has 3 aromatic carbocycles. The number of aromatic nitrogens is 2. The van der Waals surface area contributed by atoms with Crippen LogP contribution in [-0.2, 0) is 0 Å². The van der Waals surface area contributed by atoms with Crippen molar-refractivity contribution >= 4 is 29.1 Å². The lowest BCUT2D eigenvalue weighted by Crippen LogP contribution is -2.37. The van der Waals surface area contributed by atoms with Gasteiger partial charge in [0.2, 0.25) is 5.95 Å². The first-order valence-electron chi connectivity index (χ1n) is 17.6.